The van der Waals surface area contributed by atoms with Gasteiger partial charge in [0.25, 0.3) is 20.2 Å². The van der Waals surface area contributed by atoms with Crippen LogP contribution in [0.25, 0.3) is 0 Å². The first-order chi connectivity index (χ1) is 13.5. The number of carboxylic acids is 1. The Balaban J connectivity index is 0. The van der Waals surface area contributed by atoms with E-state index >= 15 is 0 Å². The Labute approximate surface area is 178 Å². The molecule has 3 atom stereocenters. The topological polar surface area (TPSA) is 210 Å². The van der Waals surface area contributed by atoms with Crippen molar-refractivity contribution in [3.05, 3.63) is 35.9 Å². The van der Waals surface area contributed by atoms with Gasteiger partial charge in [0.1, 0.15) is 6.04 Å². The van der Waals surface area contributed by atoms with Gasteiger partial charge >= 0.3 is 5.97 Å². The maximum Gasteiger partial charge on any atom is 0.320 e. The Morgan fingerprint density at radius 2 is 1.47 bits per heavy atom. The van der Waals surface area contributed by atoms with Crippen molar-refractivity contribution >= 4 is 26.2 Å². The molecule has 0 fully saturated rings. The summed E-state index contributed by atoms with van der Waals surface area (Å²) in [5.41, 5.74) is 12.5. The molecule has 0 spiro atoms. The lowest BCUT2D eigenvalue weighted by molar-refractivity contribution is -0.138. The van der Waals surface area contributed by atoms with Crippen molar-refractivity contribution in [2.45, 2.75) is 44.3 Å². The molecule has 0 heterocycles. The summed E-state index contributed by atoms with van der Waals surface area (Å²) >= 11 is 0. The van der Waals surface area contributed by atoms with E-state index in [2.05, 4.69) is 24.4 Å². The smallest absolute Gasteiger partial charge is 0.320 e. The van der Waals surface area contributed by atoms with Crippen LogP contribution in [0.15, 0.2) is 30.3 Å². The van der Waals surface area contributed by atoms with Crippen molar-refractivity contribution in [3.8, 4) is 0 Å². The first-order valence-corrected chi connectivity index (χ1v) is 12.6. The number of hydrogen-bond donors (Lipinski definition) is 6. The zero-order valence-electron chi connectivity index (χ0n) is 17.3. The van der Waals surface area contributed by atoms with Gasteiger partial charge in [-0.25, -0.2) is 0 Å². The van der Waals surface area contributed by atoms with Crippen LogP contribution in [-0.2, 0) is 31.5 Å². The average Bonchev–Trinajstić information content (AvgIpc) is 2.56. The number of nitrogens with one attached hydrogen (secondary N) is 1. The summed E-state index contributed by atoms with van der Waals surface area (Å²) in [4.78, 5) is 10.7. The van der Waals surface area contributed by atoms with E-state index < -0.39 is 32.2 Å². The predicted molar refractivity (Wildman–Crippen MR) is 115 cm³/mol. The molecule has 13 heteroatoms. The minimum atomic E-state index is -3.67. The van der Waals surface area contributed by atoms with E-state index in [0.717, 1.165) is 6.42 Å². The van der Waals surface area contributed by atoms with E-state index in [4.69, 9.17) is 25.7 Å². The summed E-state index contributed by atoms with van der Waals surface area (Å²) in [6.07, 6.45) is 3.45. The standard InChI is InChI=1S/C15H25N3O2.2CH4O3S/c1-11(9-12-5-3-2-4-6-12)18-13(10-16)7-8-14(17)15(19)20;2*1-5(2,3)4/h2-6,11,13-14,18H,7-10,16-17H2,1H3,(H,19,20);2*1H3,(H,2,3,4)/t11?,13?,14-;;/m0../s1. The molecule has 8 N–H and O–H groups in total. The number of hydrogen-bond acceptors (Lipinski definition) is 8. The lowest BCUT2D eigenvalue weighted by Crippen LogP contribution is -2.43. The highest BCUT2D eigenvalue weighted by Gasteiger charge is 2.16. The van der Waals surface area contributed by atoms with Crippen LogP contribution in [0.1, 0.15) is 25.3 Å². The van der Waals surface area contributed by atoms with E-state index in [1.807, 2.05) is 18.2 Å². The van der Waals surface area contributed by atoms with Crippen molar-refractivity contribution in [2.24, 2.45) is 11.5 Å². The molecule has 0 aliphatic heterocycles. The van der Waals surface area contributed by atoms with Gasteiger partial charge < -0.3 is 21.9 Å². The highest BCUT2D eigenvalue weighted by Crippen LogP contribution is 2.06. The highest BCUT2D eigenvalue weighted by molar-refractivity contribution is 7.85. The van der Waals surface area contributed by atoms with E-state index in [1.54, 1.807) is 0 Å². The normalized spacial score (nSPS) is 14.2. The number of benzene rings is 1. The molecule has 0 radical (unpaired) electrons. The Kier molecular flexibility index (Phi) is 15.5. The maximum atomic E-state index is 10.7. The van der Waals surface area contributed by atoms with E-state index in [9.17, 15) is 21.6 Å². The molecule has 30 heavy (non-hydrogen) atoms. The number of aliphatic carboxylic acids is 1. The number of carboxylic acid groups (broad SMARTS) is 1. The Bertz CT molecular complexity index is 756. The lowest BCUT2D eigenvalue weighted by atomic mass is 10.0. The molecule has 0 saturated heterocycles. The third-order valence-electron chi connectivity index (χ3n) is 3.33. The first kappa shape index (κ1) is 30.6. The summed E-state index contributed by atoms with van der Waals surface area (Å²) < 4.78 is 51.7. The van der Waals surface area contributed by atoms with Gasteiger partial charge in [-0.1, -0.05) is 30.3 Å². The third kappa shape index (κ3) is 26.4. The van der Waals surface area contributed by atoms with Crippen LogP contribution in [0.4, 0.5) is 0 Å². The average molecular weight is 472 g/mol. The fourth-order valence-electron chi connectivity index (χ4n) is 2.20. The van der Waals surface area contributed by atoms with Crippen molar-refractivity contribution in [2.75, 3.05) is 19.1 Å². The lowest BCUT2D eigenvalue weighted by Gasteiger charge is -2.23. The van der Waals surface area contributed by atoms with E-state index in [1.165, 1.54) is 5.56 Å². The summed E-state index contributed by atoms with van der Waals surface area (Å²) in [5.74, 6) is -0.960. The summed E-state index contributed by atoms with van der Waals surface area (Å²) in [6.45, 7) is 2.58. The highest BCUT2D eigenvalue weighted by atomic mass is 32.2. The second-order valence-corrected chi connectivity index (χ2v) is 9.61. The molecule has 2 unspecified atom stereocenters. The van der Waals surface area contributed by atoms with Crippen molar-refractivity contribution < 1.29 is 35.8 Å². The molecule has 11 nitrogen and oxygen atoms in total. The molecule has 1 aromatic carbocycles. The fraction of sp³-hybridized carbons (Fsp3) is 0.588. The fourth-order valence-corrected chi connectivity index (χ4v) is 2.20. The number of rotatable bonds is 9. The van der Waals surface area contributed by atoms with Crippen LogP contribution in [0.5, 0.6) is 0 Å². The van der Waals surface area contributed by atoms with Crippen molar-refractivity contribution in [1.82, 2.24) is 5.32 Å². The maximum absolute atomic E-state index is 10.7. The first-order valence-electron chi connectivity index (χ1n) is 8.86. The molecule has 0 aromatic heterocycles. The van der Waals surface area contributed by atoms with Crippen LogP contribution in [-0.4, -0.2) is 74.2 Å². The monoisotopic (exact) mass is 471 g/mol. The molecule has 0 saturated carbocycles. The molecule has 1 aromatic rings. The third-order valence-corrected chi connectivity index (χ3v) is 3.33. The minimum absolute atomic E-state index is 0.0964. The summed E-state index contributed by atoms with van der Waals surface area (Å²) in [5, 5.41) is 12.2. The molecule has 0 aliphatic rings. The minimum Gasteiger partial charge on any atom is -0.480 e. The number of carbonyl (C=O) groups is 1. The van der Waals surface area contributed by atoms with Crippen LogP contribution in [0.2, 0.25) is 0 Å². The van der Waals surface area contributed by atoms with E-state index in [0.29, 0.717) is 31.9 Å². The Hall–Kier alpha value is -1.61. The van der Waals surface area contributed by atoms with Crippen LogP contribution in [0, 0.1) is 0 Å². The molecule has 176 valence electrons. The van der Waals surface area contributed by atoms with E-state index in [-0.39, 0.29) is 12.1 Å². The SMILES string of the molecule is CC(Cc1ccccc1)NC(CN)CC[C@H](N)C(=O)O.CS(=O)(=O)O.CS(=O)(=O)O. The van der Waals surface area contributed by atoms with Crippen LogP contribution >= 0.6 is 0 Å². The molecule has 0 amide bonds. The van der Waals surface area contributed by atoms with Gasteiger partial charge in [-0.05, 0) is 31.7 Å². The van der Waals surface area contributed by atoms with Gasteiger partial charge in [0.2, 0.25) is 0 Å². The quantitative estimate of drug-likeness (QED) is 0.258. The van der Waals surface area contributed by atoms with Gasteiger partial charge in [0, 0.05) is 18.6 Å². The molecular weight excluding hydrogens is 438 g/mol. The second kappa shape index (κ2) is 15.2. The van der Waals surface area contributed by atoms with Gasteiger partial charge in [0.15, 0.2) is 0 Å². The van der Waals surface area contributed by atoms with Gasteiger partial charge in [0.05, 0.1) is 12.5 Å². The van der Waals surface area contributed by atoms with Crippen molar-refractivity contribution in [3.63, 3.8) is 0 Å². The largest absolute Gasteiger partial charge is 0.480 e. The van der Waals surface area contributed by atoms with Crippen molar-refractivity contribution in [1.29, 1.82) is 0 Å². The number of nitrogens with two attached hydrogens (primary N) is 2. The zero-order valence-corrected chi connectivity index (χ0v) is 18.9. The Morgan fingerprint density at radius 3 is 1.83 bits per heavy atom. The van der Waals surface area contributed by atoms with Gasteiger partial charge in [-0.3, -0.25) is 13.9 Å². The Morgan fingerprint density at radius 1 is 1.03 bits per heavy atom. The van der Waals surface area contributed by atoms with Crippen LogP contribution in [0.3, 0.4) is 0 Å². The van der Waals surface area contributed by atoms with Crippen LogP contribution < -0.4 is 16.8 Å². The summed E-state index contributed by atoms with van der Waals surface area (Å²) in [7, 11) is -7.33. The summed E-state index contributed by atoms with van der Waals surface area (Å²) in [6, 6.07) is 9.80. The van der Waals surface area contributed by atoms with Gasteiger partial charge in [-0.15, -0.1) is 0 Å². The predicted octanol–water partition coefficient (Wildman–Crippen LogP) is -0.265. The molecule has 0 bridgehead atoms. The zero-order chi connectivity index (χ0) is 24.0. The molecule has 1 rings (SSSR count). The van der Waals surface area contributed by atoms with Gasteiger partial charge in [-0.2, -0.15) is 16.8 Å². The second-order valence-electron chi connectivity index (χ2n) is 6.68. The molecule has 0 aliphatic carbocycles. The molecular formula is C17H33N3O8S2.